The van der Waals surface area contributed by atoms with Crippen LogP contribution >= 0.6 is 0 Å². The van der Waals surface area contributed by atoms with Gasteiger partial charge in [-0.2, -0.15) is 0 Å². The van der Waals surface area contributed by atoms with Crippen molar-refractivity contribution in [2.75, 3.05) is 0 Å². The van der Waals surface area contributed by atoms with Gasteiger partial charge in [0.05, 0.1) is 6.26 Å². The summed E-state index contributed by atoms with van der Waals surface area (Å²) >= 11 is 0. The number of nitrogens with zero attached hydrogens (tertiary/aromatic N) is 1. The van der Waals surface area contributed by atoms with Crippen LogP contribution in [0.3, 0.4) is 0 Å². The maximum atomic E-state index is 8.25. The van der Waals surface area contributed by atoms with Gasteiger partial charge in [0, 0.05) is 18.0 Å². The Morgan fingerprint density at radius 2 is 2.31 bits per heavy atom. The Morgan fingerprint density at radius 1 is 1.38 bits per heavy atom. The van der Waals surface area contributed by atoms with Crippen molar-refractivity contribution in [3.63, 3.8) is 0 Å². The van der Waals surface area contributed by atoms with Crippen LogP contribution in [0.2, 0.25) is 0 Å². The van der Waals surface area contributed by atoms with E-state index in [1.165, 1.54) is 6.21 Å². The smallest absolute Gasteiger partial charge is 0.134 e. The Bertz CT molecular complexity index is 431. The maximum Gasteiger partial charge on any atom is 0.134 e. The number of oxime groups is 1. The molecule has 2 rings (SSSR count). The number of hydrogen-bond donors (Lipinski definition) is 1. The van der Waals surface area contributed by atoms with Gasteiger partial charge in [-0.3, -0.25) is 0 Å². The molecule has 13 heavy (non-hydrogen) atoms. The molecule has 0 saturated heterocycles. The summed E-state index contributed by atoms with van der Waals surface area (Å²) in [4.78, 5) is 0. The fraction of sp³-hybridized carbons (Fsp3) is 0.100. The van der Waals surface area contributed by atoms with Gasteiger partial charge in [-0.1, -0.05) is 12.1 Å². The molecule has 0 amide bonds. The van der Waals surface area contributed by atoms with E-state index in [1.807, 2.05) is 24.3 Å². The number of furan rings is 1. The number of benzene rings is 1. The van der Waals surface area contributed by atoms with Gasteiger partial charge in [-0.15, -0.1) is 5.16 Å². The molecular weight excluding hydrogens is 166 g/mol. The summed E-state index contributed by atoms with van der Waals surface area (Å²) in [6.45, 7) is 0. The minimum Gasteiger partial charge on any atom is -0.464 e. The van der Waals surface area contributed by atoms with Gasteiger partial charge in [-0.05, 0) is 17.7 Å². The van der Waals surface area contributed by atoms with Gasteiger partial charge < -0.3 is 9.62 Å². The van der Waals surface area contributed by atoms with E-state index in [0.717, 1.165) is 16.5 Å². The molecule has 0 bridgehead atoms. The maximum absolute atomic E-state index is 8.25. The van der Waals surface area contributed by atoms with Crippen LogP contribution in [0.15, 0.2) is 40.1 Å². The molecule has 1 aromatic heterocycles. The summed E-state index contributed by atoms with van der Waals surface area (Å²) < 4.78 is 5.23. The van der Waals surface area contributed by atoms with E-state index >= 15 is 0 Å². The van der Waals surface area contributed by atoms with Gasteiger partial charge in [-0.25, -0.2) is 0 Å². The molecule has 1 heterocycles. The summed E-state index contributed by atoms with van der Waals surface area (Å²) in [5, 5.41) is 12.3. The first kappa shape index (κ1) is 7.86. The Balaban J connectivity index is 2.36. The van der Waals surface area contributed by atoms with Gasteiger partial charge in [0.15, 0.2) is 0 Å². The van der Waals surface area contributed by atoms with E-state index in [1.54, 1.807) is 6.26 Å². The summed E-state index contributed by atoms with van der Waals surface area (Å²) in [5.74, 6) is 0. The zero-order chi connectivity index (χ0) is 9.10. The number of hydrogen-bond acceptors (Lipinski definition) is 3. The van der Waals surface area contributed by atoms with Crippen LogP contribution in [-0.4, -0.2) is 11.4 Å². The largest absolute Gasteiger partial charge is 0.464 e. The molecule has 0 fully saturated rings. The fourth-order valence-corrected chi connectivity index (χ4v) is 1.27. The van der Waals surface area contributed by atoms with Crippen LogP contribution in [0.4, 0.5) is 0 Å². The summed E-state index contributed by atoms with van der Waals surface area (Å²) in [5.41, 5.74) is 1.93. The van der Waals surface area contributed by atoms with E-state index in [4.69, 9.17) is 9.62 Å². The van der Waals surface area contributed by atoms with Crippen molar-refractivity contribution in [3.8, 4) is 0 Å². The molecule has 0 unspecified atom stereocenters. The molecule has 0 atom stereocenters. The third-order valence-corrected chi connectivity index (χ3v) is 1.93. The lowest BCUT2D eigenvalue weighted by Crippen LogP contribution is -1.84. The van der Waals surface area contributed by atoms with Crippen molar-refractivity contribution in [2.24, 2.45) is 5.16 Å². The molecule has 0 spiro atoms. The summed E-state index contributed by atoms with van der Waals surface area (Å²) in [7, 11) is 0. The first-order chi connectivity index (χ1) is 6.40. The quantitative estimate of drug-likeness (QED) is 0.433. The molecule has 0 aliphatic heterocycles. The first-order valence-electron chi connectivity index (χ1n) is 4.02. The van der Waals surface area contributed by atoms with Crippen molar-refractivity contribution < 1.29 is 9.62 Å². The molecule has 66 valence electrons. The highest BCUT2D eigenvalue weighted by atomic mass is 16.4. The van der Waals surface area contributed by atoms with Gasteiger partial charge in [0.25, 0.3) is 0 Å². The second-order valence-corrected chi connectivity index (χ2v) is 2.79. The van der Waals surface area contributed by atoms with Crippen LogP contribution < -0.4 is 0 Å². The zero-order valence-electron chi connectivity index (χ0n) is 6.97. The standard InChI is InChI=1S/C10H9NO2/c12-11-5-3-8-1-2-9-4-6-13-10(9)7-8/h1-2,4-7,12H,3H2. The van der Waals surface area contributed by atoms with E-state index in [0.29, 0.717) is 6.42 Å². The Kier molecular flexibility index (Phi) is 2.00. The van der Waals surface area contributed by atoms with E-state index in [2.05, 4.69) is 5.16 Å². The topological polar surface area (TPSA) is 45.7 Å². The molecule has 2 aromatic rings. The molecular formula is C10H9NO2. The summed E-state index contributed by atoms with van der Waals surface area (Å²) in [6.07, 6.45) is 3.73. The van der Waals surface area contributed by atoms with Crippen molar-refractivity contribution in [1.29, 1.82) is 0 Å². The second-order valence-electron chi connectivity index (χ2n) is 2.79. The molecule has 1 N–H and O–H groups in total. The number of fused-ring (bicyclic) bond motifs is 1. The van der Waals surface area contributed by atoms with Gasteiger partial charge >= 0.3 is 0 Å². The molecule has 0 aliphatic rings. The van der Waals surface area contributed by atoms with Gasteiger partial charge in [0.1, 0.15) is 5.58 Å². The third-order valence-electron chi connectivity index (χ3n) is 1.93. The lowest BCUT2D eigenvalue weighted by Gasteiger charge is -1.94. The molecule has 0 aliphatic carbocycles. The zero-order valence-corrected chi connectivity index (χ0v) is 6.97. The van der Waals surface area contributed by atoms with Crippen LogP contribution in [-0.2, 0) is 6.42 Å². The molecule has 3 nitrogen and oxygen atoms in total. The fourth-order valence-electron chi connectivity index (χ4n) is 1.27. The SMILES string of the molecule is ON=CCc1ccc2ccoc2c1. The summed E-state index contributed by atoms with van der Waals surface area (Å²) in [6, 6.07) is 7.83. The predicted molar refractivity (Wildman–Crippen MR) is 50.2 cm³/mol. The Morgan fingerprint density at radius 3 is 3.15 bits per heavy atom. The monoisotopic (exact) mass is 175 g/mol. The Labute approximate surface area is 75.3 Å². The number of rotatable bonds is 2. The molecule has 1 aromatic carbocycles. The highest BCUT2D eigenvalue weighted by molar-refractivity contribution is 5.78. The van der Waals surface area contributed by atoms with E-state index < -0.39 is 0 Å². The normalized spacial score (nSPS) is 11.4. The van der Waals surface area contributed by atoms with Crippen LogP contribution in [0.1, 0.15) is 5.56 Å². The van der Waals surface area contributed by atoms with Gasteiger partial charge in [0.2, 0.25) is 0 Å². The van der Waals surface area contributed by atoms with Crippen molar-refractivity contribution >= 4 is 17.2 Å². The average Bonchev–Trinajstić information content (AvgIpc) is 2.61. The third kappa shape index (κ3) is 1.54. The second kappa shape index (κ2) is 3.31. The van der Waals surface area contributed by atoms with E-state index in [-0.39, 0.29) is 0 Å². The highest BCUT2D eigenvalue weighted by Gasteiger charge is 1.97. The minimum atomic E-state index is 0.618. The molecule has 0 radical (unpaired) electrons. The minimum absolute atomic E-state index is 0.618. The van der Waals surface area contributed by atoms with Crippen LogP contribution in [0, 0.1) is 0 Å². The molecule has 3 heteroatoms. The van der Waals surface area contributed by atoms with Crippen molar-refractivity contribution in [2.45, 2.75) is 6.42 Å². The predicted octanol–water partition coefficient (Wildman–Crippen LogP) is 2.44. The average molecular weight is 175 g/mol. The van der Waals surface area contributed by atoms with Crippen molar-refractivity contribution in [1.82, 2.24) is 0 Å². The van der Waals surface area contributed by atoms with Crippen LogP contribution in [0.25, 0.3) is 11.0 Å². The molecule has 0 saturated carbocycles. The van der Waals surface area contributed by atoms with Crippen LogP contribution in [0.5, 0.6) is 0 Å². The van der Waals surface area contributed by atoms with Crippen molar-refractivity contribution in [3.05, 3.63) is 36.1 Å². The highest BCUT2D eigenvalue weighted by Crippen LogP contribution is 2.16. The lowest BCUT2D eigenvalue weighted by molar-refractivity contribution is 0.321. The lowest BCUT2D eigenvalue weighted by atomic mass is 10.1. The Hall–Kier alpha value is -1.77. The van der Waals surface area contributed by atoms with E-state index in [9.17, 15) is 0 Å². The first-order valence-corrected chi connectivity index (χ1v) is 4.02.